The minimum absolute atomic E-state index is 0.0553. The number of carboxylic acids is 2. The molecule has 4 unspecified atom stereocenters. The van der Waals surface area contributed by atoms with Gasteiger partial charge < -0.3 is 53.6 Å². The summed E-state index contributed by atoms with van der Waals surface area (Å²) in [5, 5.41) is 42.9. The van der Waals surface area contributed by atoms with Crippen molar-refractivity contribution in [1.29, 1.82) is 0 Å². The lowest BCUT2D eigenvalue weighted by molar-refractivity contribution is -0.142. The Labute approximate surface area is 188 Å². The van der Waals surface area contributed by atoms with E-state index in [-0.39, 0.29) is 31.8 Å². The molecule has 0 aliphatic rings. The van der Waals surface area contributed by atoms with Gasteiger partial charge in [-0.25, -0.2) is 4.79 Å². The van der Waals surface area contributed by atoms with Gasteiger partial charge in [0.05, 0.1) is 13.2 Å². The lowest BCUT2D eigenvalue weighted by Gasteiger charge is -2.24. The molecule has 16 nitrogen and oxygen atoms in total. The number of aliphatic hydroxyl groups excluding tert-OH is 2. The summed E-state index contributed by atoms with van der Waals surface area (Å²) >= 11 is 0. The maximum atomic E-state index is 12.5. The molecular weight excluding hydrogens is 446 g/mol. The molecule has 16 heteroatoms. The first-order chi connectivity index (χ1) is 15.4. The summed E-state index contributed by atoms with van der Waals surface area (Å²) in [7, 11) is 0. The van der Waals surface area contributed by atoms with Crippen molar-refractivity contribution in [3.63, 3.8) is 0 Å². The second-order valence-electron chi connectivity index (χ2n) is 6.87. The molecule has 0 aliphatic carbocycles. The maximum absolute atomic E-state index is 12.5. The molecule has 0 aromatic carbocycles. The number of aliphatic carboxylic acids is 2. The molecule has 0 aromatic rings. The van der Waals surface area contributed by atoms with E-state index >= 15 is 0 Å². The molecule has 0 spiro atoms. The first kappa shape index (κ1) is 29.5. The number of nitrogens with one attached hydrogen (secondary N) is 3. The van der Waals surface area contributed by atoms with E-state index in [1.54, 1.807) is 0 Å². The van der Waals surface area contributed by atoms with Gasteiger partial charge in [-0.3, -0.25) is 24.2 Å². The number of carboxylic acid groups (broad SMARTS) is 2. The number of aliphatic hydroxyl groups is 2. The molecule has 4 atom stereocenters. The van der Waals surface area contributed by atoms with Crippen LogP contribution in [0.4, 0.5) is 0 Å². The quantitative estimate of drug-likeness (QED) is 0.0566. The minimum atomic E-state index is -1.60. The van der Waals surface area contributed by atoms with E-state index in [4.69, 9.17) is 27.4 Å². The highest BCUT2D eigenvalue weighted by Crippen LogP contribution is 2.02. The normalized spacial score (nSPS) is 14.2. The van der Waals surface area contributed by atoms with Crippen LogP contribution < -0.4 is 33.2 Å². The second-order valence-corrected chi connectivity index (χ2v) is 6.87. The maximum Gasteiger partial charge on any atom is 0.326 e. The van der Waals surface area contributed by atoms with Crippen molar-refractivity contribution in [1.82, 2.24) is 16.0 Å². The predicted molar refractivity (Wildman–Crippen MR) is 112 cm³/mol. The zero-order valence-electron chi connectivity index (χ0n) is 17.8. The Morgan fingerprint density at radius 1 is 0.788 bits per heavy atom. The third-order valence-electron chi connectivity index (χ3n) is 4.19. The van der Waals surface area contributed by atoms with Gasteiger partial charge in [-0.2, -0.15) is 0 Å². The third kappa shape index (κ3) is 12.2. The van der Waals surface area contributed by atoms with Gasteiger partial charge in [0, 0.05) is 13.0 Å². The summed E-state index contributed by atoms with van der Waals surface area (Å²) in [6.07, 6.45) is -0.757. The van der Waals surface area contributed by atoms with Crippen LogP contribution in [0.1, 0.15) is 25.7 Å². The highest BCUT2D eigenvalue weighted by molar-refractivity contribution is 5.94. The molecule has 0 bridgehead atoms. The number of hydrogen-bond acceptors (Lipinski definition) is 9. The monoisotopic (exact) mass is 477 g/mol. The van der Waals surface area contributed by atoms with Crippen molar-refractivity contribution >= 4 is 35.6 Å². The van der Waals surface area contributed by atoms with Crippen molar-refractivity contribution in [2.75, 3.05) is 19.8 Å². The highest BCUT2D eigenvalue weighted by atomic mass is 16.4. The van der Waals surface area contributed by atoms with Gasteiger partial charge in [-0.05, 0) is 19.3 Å². The lowest BCUT2D eigenvalue weighted by atomic mass is 10.1. The zero-order valence-corrected chi connectivity index (χ0v) is 17.8. The Morgan fingerprint density at radius 2 is 1.33 bits per heavy atom. The Bertz CT molecular complexity index is 728. The molecule has 0 aliphatic heterocycles. The summed E-state index contributed by atoms with van der Waals surface area (Å²) in [5.41, 5.74) is 15.7. The van der Waals surface area contributed by atoms with Crippen molar-refractivity contribution in [2.24, 2.45) is 22.2 Å². The summed E-state index contributed by atoms with van der Waals surface area (Å²) in [4.78, 5) is 62.6. The minimum Gasteiger partial charge on any atom is -0.481 e. The summed E-state index contributed by atoms with van der Waals surface area (Å²) in [5.74, 6) is -5.83. The van der Waals surface area contributed by atoms with Gasteiger partial charge in [0.1, 0.15) is 24.2 Å². The van der Waals surface area contributed by atoms with E-state index in [1.165, 1.54) is 0 Å². The highest BCUT2D eigenvalue weighted by Gasteiger charge is 2.30. The Kier molecular flexibility index (Phi) is 13.7. The molecule has 0 saturated heterocycles. The molecule has 0 fully saturated rings. The SMILES string of the molecule is NC(N)=NCCCC(NC(=O)C(CO)NC(=O)C(CCC(=O)O)NC(=O)C(N)CO)C(=O)O. The van der Waals surface area contributed by atoms with Crippen LogP contribution in [-0.4, -0.2) is 100.0 Å². The largest absolute Gasteiger partial charge is 0.481 e. The second kappa shape index (κ2) is 15.3. The summed E-state index contributed by atoms with van der Waals surface area (Å²) in [6.45, 7) is -1.54. The van der Waals surface area contributed by atoms with E-state index in [0.717, 1.165) is 0 Å². The average molecular weight is 477 g/mol. The topological polar surface area (TPSA) is 293 Å². The van der Waals surface area contributed by atoms with Gasteiger partial charge in [-0.15, -0.1) is 0 Å². The number of guanidine groups is 1. The Morgan fingerprint density at radius 3 is 1.82 bits per heavy atom. The van der Waals surface area contributed by atoms with E-state index in [2.05, 4.69) is 20.9 Å². The first-order valence-electron chi connectivity index (χ1n) is 9.81. The molecule has 13 N–H and O–H groups in total. The van der Waals surface area contributed by atoms with Crippen LogP contribution >= 0.6 is 0 Å². The van der Waals surface area contributed by atoms with Crippen LogP contribution in [0.2, 0.25) is 0 Å². The number of amides is 3. The lowest BCUT2D eigenvalue weighted by Crippen LogP contribution is -2.58. The van der Waals surface area contributed by atoms with Gasteiger partial charge in [0.2, 0.25) is 17.7 Å². The number of nitrogens with zero attached hydrogens (tertiary/aromatic N) is 1. The number of nitrogens with two attached hydrogens (primary N) is 3. The molecule has 0 aromatic heterocycles. The molecular formula is C17H31N7O9. The van der Waals surface area contributed by atoms with Gasteiger partial charge >= 0.3 is 11.9 Å². The average Bonchev–Trinajstić information content (AvgIpc) is 2.75. The molecule has 0 radical (unpaired) electrons. The number of carbonyl (C=O) groups excluding carboxylic acids is 3. The standard InChI is InChI=1S/C17H31N7O9/c18-8(6-25)13(29)22-9(3-4-12(27)28)14(30)24-11(7-26)15(31)23-10(16(32)33)2-1-5-21-17(19)20/h8-11,25-26H,1-7,18H2,(H,22,29)(H,23,31)(H,24,30)(H,27,28)(H,32,33)(H4,19,20,21). The van der Waals surface area contributed by atoms with Crippen molar-refractivity contribution in [3.8, 4) is 0 Å². The molecule has 3 amide bonds. The third-order valence-corrected chi connectivity index (χ3v) is 4.19. The van der Waals surface area contributed by atoms with Crippen LogP contribution in [0.5, 0.6) is 0 Å². The fraction of sp³-hybridized carbons (Fsp3) is 0.647. The van der Waals surface area contributed by atoms with Crippen LogP contribution in [0, 0.1) is 0 Å². The zero-order chi connectivity index (χ0) is 25.6. The van der Waals surface area contributed by atoms with Gasteiger partial charge in [0.25, 0.3) is 0 Å². The number of rotatable bonds is 16. The fourth-order valence-electron chi connectivity index (χ4n) is 2.40. The van der Waals surface area contributed by atoms with E-state index in [0.29, 0.717) is 0 Å². The molecule has 0 saturated carbocycles. The smallest absolute Gasteiger partial charge is 0.326 e. The predicted octanol–water partition coefficient (Wildman–Crippen LogP) is -5.24. The molecule has 188 valence electrons. The fourth-order valence-corrected chi connectivity index (χ4v) is 2.40. The number of carbonyl (C=O) groups is 5. The van der Waals surface area contributed by atoms with Crippen molar-refractivity contribution in [3.05, 3.63) is 0 Å². The molecule has 0 heterocycles. The Balaban J connectivity index is 5.18. The number of aliphatic imine (C=N–C) groups is 1. The van der Waals surface area contributed by atoms with E-state index in [1.807, 2.05) is 0 Å². The first-order valence-corrected chi connectivity index (χ1v) is 9.81. The summed E-state index contributed by atoms with van der Waals surface area (Å²) < 4.78 is 0. The molecule has 0 rings (SSSR count). The number of hydrogen-bond donors (Lipinski definition) is 10. The van der Waals surface area contributed by atoms with Crippen LogP contribution in [-0.2, 0) is 24.0 Å². The Hall–Kier alpha value is -3.50. The van der Waals surface area contributed by atoms with Crippen LogP contribution in [0.25, 0.3) is 0 Å². The van der Waals surface area contributed by atoms with Gasteiger partial charge in [0.15, 0.2) is 5.96 Å². The van der Waals surface area contributed by atoms with Crippen LogP contribution in [0.15, 0.2) is 4.99 Å². The van der Waals surface area contributed by atoms with E-state index in [9.17, 15) is 34.2 Å². The summed E-state index contributed by atoms with van der Waals surface area (Å²) in [6, 6.07) is -5.81. The van der Waals surface area contributed by atoms with Crippen molar-refractivity contribution in [2.45, 2.75) is 49.9 Å². The van der Waals surface area contributed by atoms with Crippen LogP contribution in [0.3, 0.4) is 0 Å². The van der Waals surface area contributed by atoms with Gasteiger partial charge in [-0.1, -0.05) is 0 Å². The van der Waals surface area contributed by atoms with Crippen molar-refractivity contribution < 1.29 is 44.4 Å². The molecule has 33 heavy (non-hydrogen) atoms. The van der Waals surface area contributed by atoms with E-state index < -0.39 is 73.5 Å².